The summed E-state index contributed by atoms with van der Waals surface area (Å²) in [6, 6.07) is 14.0. The number of amides is 2. The van der Waals surface area contributed by atoms with Crippen LogP contribution >= 0.6 is 11.6 Å². The molecule has 3 aromatic rings. The summed E-state index contributed by atoms with van der Waals surface area (Å²) in [5.74, 6) is 0.620. The molecule has 2 amide bonds. The molecule has 0 atom stereocenters. The van der Waals surface area contributed by atoms with Gasteiger partial charge in [-0.3, -0.25) is 14.6 Å². The Morgan fingerprint density at radius 2 is 1.78 bits per heavy atom. The molecule has 1 saturated carbocycles. The van der Waals surface area contributed by atoms with Crippen molar-refractivity contribution in [1.29, 1.82) is 0 Å². The maximum absolute atomic E-state index is 13.8. The number of carbonyl (C=O) groups excluding carboxylic acids is 2. The van der Waals surface area contributed by atoms with Gasteiger partial charge in [0.25, 0.3) is 11.8 Å². The smallest absolute Gasteiger partial charge is 0.257 e. The highest BCUT2D eigenvalue weighted by molar-refractivity contribution is 6.31. The minimum absolute atomic E-state index is 0.00473. The van der Waals surface area contributed by atoms with E-state index in [1.807, 2.05) is 4.90 Å². The summed E-state index contributed by atoms with van der Waals surface area (Å²) >= 11 is 6.58. The number of ether oxygens (including phenoxy) is 2. The number of hydrogen-bond acceptors (Lipinski definition) is 6. The second-order valence-electron chi connectivity index (χ2n) is 9.07. The lowest BCUT2D eigenvalue weighted by molar-refractivity contribution is 0.0606. The molecule has 0 spiro atoms. The third-order valence-electron chi connectivity index (χ3n) is 6.64. The minimum Gasteiger partial charge on any atom is -0.493 e. The molecule has 1 aromatic heterocycles. The molecule has 0 radical (unpaired) electrons. The van der Waals surface area contributed by atoms with E-state index >= 15 is 0 Å². The number of benzene rings is 2. The first kappa shape index (κ1) is 26.4. The van der Waals surface area contributed by atoms with Gasteiger partial charge >= 0.3 is 0 Å². The maximum atomic E-state index is 13.8. The van der Waals surface area contributed by atoms with Gasteiger partial charge in [-0.2, -0.15) is 0 Å². The lowest BCUT2D eigenvalue weighted by Crippen LogP contribution is -2.44. The highest BCUT2D eigenvalue weighted by Crippen LogP contribution is 2.32. The third-order valence-corrected chi connectivity index (χ3v) is 7.01. The zero-order chi connectivity index (χ0) is 26.4. The first-order valence-corrected chi connectivity index (χ1v) is 12.6. The Kier molecular flexibility index (Phi) is 8.63. The summed E-state index contributed by atoms with van der Waals surface area (Å²) < 4.78 is 10.7. The summed E-state index contributed by atoms with van der Waals surface area (Å²) in [6.07, 6.45) is 6.40. The Labute approximate surface area is 221 Å². The standard InChI is InChI=1S/C28H31ClN4O4/c1-36-25-12-5-18(15-26(25)37-2)28(35)33(23-9-6-21(30)7-10-23)17-20-14-22(8-11-24(20)29)32-27(34)19-4-3-13-31-16-19/h3-5,8,11-16,21,23H,6-7,9-10,17,30H2,1-2H3,(H,32,34). The fourth-order valence-electron chi connectivity index (χ4n) is 4.57. The zero-order valence-corrected chi connectivity index (χ0v) is 21.7. The van der Waals surface area contributed by atoms with E-state index in [4.69, 9.17) is 26.8 Å². The topological polar surface area (TPSA) is 107 Å². The molecule has 37 heavy (non-hydrogen) atoms. The van der Waals surface area contributed by atoms with Crippen molar-refractivity contribution in [2.45, 2.75) is 44.3 Å². The summed E-state index contributed by atoms with van der Waals surface area (Å²) in [4.78, 5) is 32.3. The minimum atomic E-state index is -0.277. The van der Waals surface area contributed by atoms with Crippen molar-refractivity contribution in [3.8, 4) is 11.5 Å². The number of nitrogens with zero attached hydrogens (tertiary/aromatic N) is 2. The molecule has 1 fully saturated rings. The highest BCUT2D eigenvalue weighted by atomic mass is 35.5. The van der Waals surface area contributed by atoms with Gasteiger partial charge in [-0.1, -0.05) is 11.6 Å². The van der Waals surface area contributed by atoms with Gasteiger partial charge in [0.1, 0.15) is 0 Å². The molecule has 0 saturated heterocycles. The van der Waals surface area contributed by atoms with Crippen LogP contribution in [-0.4, -0.2) is 48.0 Å². The van der Waals surface area contributed by atoms with Crippen molar-refractivity contribution in [3.05, 3.63) is 82.6 Å². The van der Waals surface area contributed by atoms with Gasteiger partial charge in [0.15, 0.2) is 11.5 Å². The molecular weight excluding hydrogens is 492 g/mol. The van der Waals surface area contributed by atoms with E-state index in [2.05, 4.69) is 10.3 Å². The average Bonchev–Trinajstić information content (AvgIpc) is 2.93. The lowest BCUT2D eigenvalue weighted by Gasteiger charge is -2.36. The van der Waals surface area contributed by atoms with Crippen LogP contribution in [0.25, 0.3) is 0 Å². The van der Waals surface area contributed by atoms with Crippen molar-refractivity contribution in [1.82, 2.24) is 9.88 Å². The van der Waals surface area contributed by atoms with E-state index in [-0.39, 0.29) is 30.4 Å². The summed E-state index contributed by atoms with van der Waals surface area (Å²) in [6.45, 7) is 0.280. The maximum Gasteiger partial charge on any atom is 0.257 e. The Morgan fingerprint density at radius 3 is 2.46 bits per heavy atom. The Balaban J connectivity index is 1.62. The first-order valence-electron chi connectivity index (χ1n) is 12.2. The number of carbonyl (C=O) groups is 2. The quantitative estimate of drug-likeness (QED) is 0.435. The van der Waals surface area contributed by atoms with Crippen LogP contribution in [0.2, 0.25) is 5.02 Å². The normalized spacial score (nSPS) is 17.1. The summed E-state index contributed by atoms with van der Waals surface area (Å²) in [5.41, 5.74) is 8.39. The molecule has 1 heterocycles. The number of nitrogens with two attached hydrogens (primary N) is 1. The van der Waals surface area contributed by atoms with Crippen LogP contribution in [0.15, 0.2) is 60.9 Å². The Hall–Kier alpha value is -3.62. The molecular formula is C28H31ClN4O4. The molecule has 0 unspecified atom stereocenters. The number of aromatic nitrogens is 1. The van der Waals surface area contributed by atoms with E-state index in [0.29, 0.717) is 33.3 Å². The fourth-order valence-corrected chi connectivity index (χ4v) is 4.75. The third kappa shape index (κ3) is 6.39. The lowest BCUT2D eigenvalue weighted by atomic mass is 9.90. The summed E-state index contributed by atoms with van der Waals surface area (Å²) in [5, 5.41) is 3.40. The molecule has 1 aliphatic rings. The van der Waals surface area contributed by atoms with E-state index in [1.165, 1.54) is 13.3 Å². The molecule has 2 aromatic carbocycles. The number of halogens is 1. The van der Waals surface area contributed by atoms with Crippen LogP contribution in [0, 0.1) is 0 Å². The van der Waals surface area contributed by atoms with E-state index in [9.17, 15) is 9.59 Å². The number of pyridine rings is 1. The van der Waals surface area contributed by atoms with Crippen molar-refractivity contribution >= 4 is 29.1 Å². The van der Waals surface area contributed by atoms with Crippen molar-refractivity contribution < 1.29 is 19.1 Å². The number of nitrogens with one attached hydrogen (secondary N) is 1. The Bertz CT molecular complexity index is 1250. The zero-order valence-electron chi connectivity index (χ0n) is 20.9. The van der Waals surface area contributed by atoms with E-state index in [0.717, 1.165) is 31.2 Å². The predicted molar refractivity (Wildman–Crippen MR) is 143 cm³/mol. The number of rotatable bonds is 8. The molecule has 1 aliphatic carbocycles. The number of hydrogen-bond donors (Lipinski definition) is 2. The van der Waals surface area contributed by atoms with Crippen LogP contribution in [-0.2, 0) is 6.54 Å². The van der Waals surface area contributed by atoms with Crippen molar-refractivity contribution in [2.24, 2.45) is 5.73 Å². The second kappa shape index (κ2) is 12.1. The van der Waals surface area contributed by atoms with Gasteiger partial charge < -0.3 is 25.4 Å². The van der Waals surface area contributed by atoms with E-state index in [1.54, 1.807) is 61.8 Å². The highest BCUT2D eigenvalue weighted by Gasteiger charge is 2.29. The predicted octanol–water partition coefficient (Wildman–Crippen LogP) is 4.92. The van der Waals surface area contributed by atoms with Gasteiger partial charge in [0.05, 0.1) is 19.8 Å². The molecule has 9 heteroatoms. The molecule has 4 rings (SSSR count). The fraction of sp³-hybridized carbons (Fsp3) is 0.321. The Morgan fingerprint density at radius 1 is 1.03 bits per heavy atom. The van der Waals surface area contributed by atoms with Crippen LogP contribution in [0.3, 0.4) is 0 Å². The van der Waals surface area contributed by atoms with Gasteiger partial charge in [-0.25, -0.2) is 0 Å². The molecule has 8 nitrogen and oxygen atoms in total. The van der Waals surface area contributed by atoms with Gasteiger partial charge in [-0.05, 0) is 79.8 Å². The van der Waals surface area contributed by atoms with Crippen molar-refractivity contribution in [3.63, 3.8) is 0 Å². The average molecular weight is 523 g/mol. The van der Waals surface area contributed by atoms with Crippen LogP contribution < -0.4 is 20.5 Å². The van der Waals surface area contributed by atoms with Gasteiger partial charge in [0.2, 0.25) is 0 Å². The van der Waals surface area contributed by atoms with E-state index < -0.39 is 0 Å². The molecule has 194 valence electrons. The van der Waals surface area contributed by atoms with Crippen LogP contribution in [0.4, 0.5) is 5.69 Å². The largest absolute Gasteiger partial charge is 0.493 e. The first-order chi connectivity index (χ1) is 17.9. The molecule has 0 bridgehead atoms. The SMILES string of the molecule is COc1ccc(C(=O)N(Cc2cc(NC(=O)c3cccnc3)ccc2Cl)C2CCC(N)CC2)cc1OC. The van der Waals surface area contributed by atoms with Gasteiger partial charge in [-0.15, -0.1) is 0 Å². The van der Waals surface area contributed by atoms with Gasteiger partial charge in [0, 0.05) is 47.3 Å². The molecule has 3 N–H and O–H groups in total. The monoisotopic (exact) mass is 522 g/mol. The molecule has 0 aliphatic heterocycles. The number of methoxy groups -OCH3 is 2. The van der Waals surface area contributed by atoms with Crippen LogP contribution in [0.1, 0.15) is 52.0 Å². The second-order valence-corrected chi connectivity index (χ2v) is 9.48. The van der Waals surface area contributed by atoms with Crippen molar-refractivity contribution in [2.75, 3.05) is 19.5 Å². The number of anilines is 1. The summed E-state index contributed by atoms with van der Waals surface area (Å²) in [7, 11) is 3.09. The van der Waals surface area contributed by atoms with Crippen LogP contribution in [0.5, 0.6) is 11.5 Å².